The average molecular weight is 387 g/mol. The number of allylic oxidation sites excluding steroid dienone is 2. The van der Waals surface area contributed by atoms with Crippen molar-refractivity contribution in [1.82, 2.24) is 4.90 Å². The highest BCUT2D eigenvalue weighted by Crippen LogP contribution is 2.65. The van der Waals surface area contributed by atoms with Crippen LogP contribution in [0.25, 0.3) is 0 Å². The number of carbonyl (C=O) groups excluding carboxylic acids is 3. The monoisotopic (exact) mass is 386 g/mol. The smallest absolute Gasteiger partial charge is 0.233 e. The Balaban J connectivity index is 1.25. The van der Waals surface area contributed by atoms with Gasteiger partial charge in [-0.05, 0) is 42.2 Å². The van der Waals surface area contributed by atoms with Gasteiger partial charge in [-0.3, -0.25) is 19.3 Å². The highest BCUT2D eigenvalue weighted by atomic mass is 35.5. The topological polar surface area (TPSA) is 86.7 Å². The zero-order chi connectivity index (χ0) is 18.9. The summed E-state index contributed by atoms with van der Waals surface area (Å²) >= 11 is 5.78. The number of phenols is 1. The van der Waals surface area contributed by atoms with Gasteiger partial charge in [-0.2, -0.15) is 0 Å². The second-order valence-electron chi connectivity index (χ2n) is 7.94. The summed E-state index contributed by atoms with van der Waals surface area (Å²) in [4.78, 5) is 39.2. The quantitative estimate of drug-likeness (QED) is 0.472. The van der Waals surface area contributed by atoms with Crippen LogP contribution in [0.1, 0.15) is 12.8 Å². The van der Waals surface area contributed by atoms with E-state index in [1.54, 1.807) is 6.07 Å². The molecule has 6 rings (SSSR count). The first-order valence-corrected chi connectivity index (χ1v) is 9.65. The molecule has 3 fully saturated rings. The minimum absolute atomic E-state index is 0.00535. The van der Waals surface area contributed by atoms with Crippen LogP contribution in [0.3, 0.4) is 0 Å². The predicted octanol–water partition coefficient (Wildman–Crippen LogP) is 2.43. The molecular formula is C20H19ClN2O4. The number of hydrogen-bond donors (Lipinski definition) is 2. The Hall–Kier alpha value is -2.34. The van der Waals surface area contributed by atoms with Crippen molar-refractivity contribution in [2.24, 2.45) is 35.5 Å². The molecule has 1 saturated heterocycles. The molecule has 6 atom stereocenters. The van der Waals surface area contributed by atoms with Crippen LogP contribution in [0.2, 0.25) is 5.02 Å². The minimum Gasteiger partial charge on any atom is -0.506 e. The summed E-state index contributed by atoms with van der Waals surface area (Å²) in [7, 11) is 0. The highest BCUT2D eigenvalue weighted by molar-refractivity contribution is 6.30. The molecule has 7 heteroatoms. The lowest BCUT2D eigenvalue weighted by Gasteiger charge is -2.37. The number of aromatic hydroxyl groups is 1. The number of rotatable bonds is 4. The Kier molecular flexibility index (Phi) is 3.63. The van der Waals surface area contributed by atoms with Gasteiger partial charge in [0.15, 0.2) is 0 Å². The second kappa shape index (κ2) is 5.83. The van der Waals surface area contributed by atoms with Gasteiger partial charge in [-0.1, -0.05) is 23.8 Å². The molecule has 6 nitrogen and oxygen atoms in total. The van der Waals surface area contributed by atoms with Crippen LogP contribution in [-0.2, 0) is 14.4 Å². The number of hydrogen-bond acceptors (Lipinski definition) is 4. The Morgan fingerprint density at radius 3 is 2.37 bits per heavy atom. The van der Waals surface area contributed by atoms with Gasteiger partial charge >= 0.3 is 0 Å². The SMILES string of the molecule is O=C(CCN1C(=O)[C@H]2[C@@H]3C=C[C@H]([C@@H]4C[C@H]34)[C@@H]2C1=O)Nc1ccc(Cl)cc1O. The van der Waals surface area contributed by atoms with Gasteiger partial charge in [0.25, 0.3) is 0 Å². The average Bonchev–Trinajstić information content (AvgIpc) is 3.41. The number of benzene rings is 1. The number of likely N-dealkylation sites (tertiary alicyclic amines) is 1. The van der Waals surface area contributed by atoms with E-state index in [-0.39, 0.29) is 65.8 Å². The third-order valence-electron chi connectivity index (χ3n) is 6.55. The molecule has 1 aromatic rings. The Bertz CT molecular complexity index is 862. The molecule has 4 aliphatic carbocycles. The Labute approximate surface area is 161 Å². The van der Waals surface area contributed by atoms with E-state index < -0.39 is 0 Å². The molecule has 0 unspecified atom stereocenters. The Morgan fingerprint density at radius 2 is 1.78 bits per heavy atom. The molecule has 3 amide bonds. The lowest BCUT2D eigenvalue weighted by molar-refractivity contribution is -0.140. The first kappa shape index (κ1) is 16.8. The van der Waals surface area contributed by atoms with Crippen LogP contribution in [0, 0.1) is 35.5 Å². The molecule has 0 radical (unpaired) electrons. The number of imide groups is 1. The minimum atomic E-state index is -0.368. The summed E-state index contributed by atoms with van der Waals surface area (Å²) in [6.07, 6.45) is 5.38. The zero-order valence-corrected chi connectivity index (χ0v) is 15.2. The van der Waals surface area contributed by atoms with E-state index in [1.807, 2.05) is 0 Å². The van der Waals surface area contributed by atoms with Crippen molar-refractivity contribution in [1.29, 1.82) is 0 Å². The molecule has 1 aliphatic heterocycles. The van der Waals surface area contributed by atoms with E-state index >= 15 is 0 Å². The van der Waals surface area contributed by atoms with Crippen LogP contribution in [0.15, 0.2) is 30.4 Å². The Morgan fingerprint density at radius 1 is 1.15 bits per heavy atom. The van der Waals surface area contributed by atoms with Crippen LogP contribution in [0.4, 0.5) is 5.69 Å². The number of nitrogens with one attached hydrogen (secondary N) is 1. The van der Waals surface area contributed by atoms with Crippen LogP contribution in [0.5, 0.6) is 5.75 Å². The van der Waals surface area contributed by atoms with Gasteiger partial charge in [0.05, 0.1) is 17.5 Å². The fourth-order valence-electron chi connectivity index (χ4n) is 5.28. The number of phenolic OH excluding ortho intramolecular Hbond substituents is 1. The van der Waals surface area contributed by atoms with Gasteiger partial charge in [0.1, 0.15) is 5.75 Å². The van der Waals surface area contributed by atoms with Gasteiger partial charge in [0, 0.05) is 24.1 Å². The molecule has 1 heterocycles. The van der Waals surface area contributed by atoms with Crippen molar-refractivity contribution >= 4 is 35.0 Å². The molecular weight excluding hydrogens is 368 g/mol. The van der Waals surface area contributed by atoms with E-state index in [4.69, 9.17) is 11.6 Å². The third kappa shape index (κ3) is 2.50. The number of nitrogens with zero attached hydrogens (tertiary/aromatic N) is 1. The van der Waals surface area contributed by atoms with Crippen molar-refractivity contribution < 1.29 is 19.5 Å². The fraction of sp³-hybridized carbons (Fsp3) is 0.450. The molecule has 0 aromatic heterocycles. The number of anilines is 1. The summed E-state index contributed by atoms with van der Waals surface area (Å²) in [5.41, 5.74) is 0.250. The molecule has 2 N–H and O–H groups in total. The molecule has 27 heavy (non-hydrogen) atoms. The van der Waals surface area contributed by atoms with Crippen molar-refractivity contribution in [2.45, 2.75) is 12.8 Å². The fourth-order valence-corrected chi connectivity index (χ4v) is 5.44. The zero-order valence-electron chi connectivity index (χ0n) is 14.5. The number of amides is 3. The molecule has 140 valence electrons. The summed E-state index contributed by atoms with van der Waals surface area (Å²) in [5.74, 6) is 0.276. The standard InChI is InChI=1S/C20H19ClN2O4/c21-9-1-4-14(15(24)7-9)22-16(25)5-6-23-19(26)17-10-2-3-11(13-8-12(10)13)18(17)20(23)27/h1-4,7,10-13,17-18,24H,5-6,8H2,(H,22,25)/t10-,11-,12-,13+,17+,18+/m1/s1. The lowest BCUT2D eigenvalue weighted by Crippen LogP contribution is -2.40. The van der Waals surface area contributed by atoms with Crippen LogP contribution >= 0.6 is 11.6 Å². The second-order valence-corrected chi connectivity index (χ2v) is 8.38. The van der Waals surface area contributed by atoms with Crippen molar-refractivity contribution in [2.75, 3.05) is 11.9 Å². The third-order valence-corrected chi connectivity index (χ3v) is 6.79. The molecule has 2 bridgehead atoms. The molecule has 0 spiro atoms. The first-order valence-electron chi connectivity index (χ1n) is 9.27. The molecule has 2 saturated carbocycles. The highest BCUT2D eigenvalue weighted by Gasteiger charge is 2.66. The summed E-state index contributed by atoms with van der Waals surface area (Å²) < 4.78 is 0. The maximum atomic E-state index is 12.9. The predicted molar refractivity (Wildman–Crippen MR) is 97.8 cm³/mol. The normalized spacial score (nSPS) is 35.2. The van der Waals surface area contributed by atoms with E-state index in [2.05, 4.69) is 17.5 Å². The molecule has 1 aromatic carbocycles. The maximum Gasteiger partial charge on any atom is 0.233 e. The number of carbonyl (C=O) groups is 3. The molecule has 5 aliphatic rings. The van der Waals surface area contributed by atoms with Crippen molar-refractivity contribution in [3.8, 4) is 5.75 Å². The van der Waals surface area contributed by atoms with E-state index in [0.717, 1.165) is 6.42 Å². The largest absolute Gasteiger partial charge is 0.506 e. The first-order chi connectivity index (χ1) is 13.0. The van der Waals surface area contributed by atoms with E-state index in [0.29, 0.717) is 16.9 Å². The van der Waals surface area contributed by atoms with E-state index in [1.165, 1.54) is 17.0 Å². The summed E-state index contributed by atoms with van der Waals surface area (Å²) in [5, 5.41) is 12.8. The van der Waals surface area contributed by atoms with Gasteiger partial charge in [-0.15, -0.1) is 0 Å². The van der Waals surface area contributed by atoms with Gasteiger partial charge < -0.3 is 10.4 Å². The van der Waals surface area contributed by atoms with Crippen LogP contribution < -0.4 is 5.32 Å². The summed E-state index contributed by atoms with van der Waals surface area (Å²) in [6, 6.07) is 4.40. The van der Waals surface area contributed by atoms with E-state index in [9.17, 15) is 19.5 Å². The van der Waals surface area contributed by atoms with Crippen molar-refractivity contribution in [3.63, 3.8) is 0 Å². The van der Waals surface area contributed by atoms with Crippen molar-refractivity contribution in [3.05, 3.63) is 35.4 Å². The lowest BCUT2D eigenvalue weighted by atomic mass is 9.63. The maximum absolute atomic E-state index is 12.9. The van der Waals surface area contributed by atoms with Gasteiger partial charge in [-0.25, -0.2) is 0 Å². The number of halogens is 1. The van der Waals surface area contributed by atoms with Crippen LogP contribution in [-0.4, -0.2) is 34.3 Å². The van der Waals surface area contributed by atoms with Gasteiger partial charge in [0.2, 0.25) is 17.7 Å². The summed E-state index contributed by atoms with van der Waals surface area (Å²) in [6.45, 7) is 0.0691.